The molecule has 1 aromatic rings. The monoisotopic (exact) mass is 202 g/mol. The van der Waals surface area contributed by atoms with Crippen LogP contribution in [0.15, 0.2) is 12.4 Å². The topological polar surface area (TPSA) is 76.3 Å². The molecule has 0 amide bonds. The van der Waals surface area contributed by atoms with E-state index < -0.39 is 5.92 Å². The summed E-state index contributed by atoms with van der Waals surface area (Å²) in [4.78, 5) is 0. The average Bonchev–Trinajstić information content (AvgIpc) is 2.64. The van der Waals surface area contributed by atoms with Crippen molar-refractivity contribution < 1.29 is 0 Å². The molecule has 4 heteroatoms. The fraction of sp³-hybridized carbons (Fsp3) is 0.545. The van der Waals surface area contributed by atoms with Gasteiger partial charge >= 0.3 is 0 Å². The molecule has 0 aliphatic heterocycles. The van der Waals surface area contributed by atoms with E-state index in [0.29, 0.717) is 0 Å². The van der Waals surface area contributed by atoms with Gasteiger partial charge in [-0.1, -0.05) is 20.8 Å². The van der Waals surface area contributed by atoms with Crippen LogP contribution in [0, 0.1) is 34.0 Å². The molecule has 0 aromatic carbocycles. The lowest BCUT2D eigenvalue weighted by molar-refractivity contribution is 0.294. The molecule has 0 aliphatic rings. The normalized spacial score (nSPS) is 13.2. The van der Waals surface area contributed by atoms with Gasteiger partial charge in [0, 0.05) is 12.1 Å². The Morgan fingerprint density at radius 3 is 2.27 bits per heavy atom. The Hall–Kier alpha value is -1.81. The van der Waals surface area contributed by atoms with Crippen molar-refractivity contribution in [1.29, 1.82) is 10.5 Å². The molecule has 1 aromatic heterocycles. The first kappa shape index (κ1) is 11.3. The molecule has 0 radical (unpaired) electrons. The van der Waals surface area contributed by atoms with Crippen LogP contribution in [0.2, 0.25) is 0 Å². The fourth-order valence-electron chi connectivity index (χ4n) is 1.80. The minimum atomic E-state index is -0.636. The smallest absolute Gasteiger partial charge is 0.140 e. The van der Waals surface area contributed by atoms with Crippen LogP contribution in [-0.4, -0.2) is 10.2 Å². The molecule has 1 unspecified atom stereocenters. The fourth-order valence-corrected chi connectivity index (χ4v) is 1.80. The Balaban J connectivity index is 3.12. The number of rotatable bonds is 2. The predicted molar refractivity (Wildman–Crippen MR) is 55.5 cm³/mol. The van der Waals surface area contributed by atoms with Gasteiger partial charge < -0.3 is 0 Å². The molecule has 0 aliphatic carbocycles. The Bertz CT molecular complexity index is 372. The number of aromatic amines is 1. The molecule has 78 valence electrons. The molecule has 1 atom stereocenters. The van der Waals surface area contributed by atoms with E-state index in [1.54, 1.807) is 12.4 Å². The molecular weight excluding hydrogens is 188 g/mol. The first-order chi connectivity index (χ1) is 7.00. The van der Waals surface area contributed by atoms with Gasteiger partial charge in [0.2, 0.25) is 0 Å². The highest BCUT2D eigenvalue weighted by Gasteiger charge is 2.34. The van der Waals surface area contributed by atoms with Crippen molar-refractivity contribution in [1.82, 2.24) is 10.2 Å². The van der Waals surface area contributed by atoms with E-state index in [4.69, 9.17) is 10.5 Å². The first-order valence-electron chi connectivity index (χ1n) is 4.78. The second-order valence-corrected chi connectivity index (χ2v) is 4.61. The molecule has 0 spiro atoms. The van der Waals surface area contributed by atoms with Crippen LogP contribution in [0.1, 0.15) is 32.3 Å². The van der Waals surface area contributed by atoms with Crippen LogP contribution in [0.3, 0.4) is 0 Å². The largest absolute Gasteiger partial charge is 0.285 e. The van der Waals surface area contributed by atoms with Gasteiger partial charge in [0.05, 0.1) is 18.3 Å². The van der Waals surface area contributed by atoms with Crippen molar-refractivity contribution in [2.24, 2.45) is 11.3 Å². The van der Waals surface area contributed by atoms with Gasteiger partial charge in [-0.25, -0.2) is 0 Å². The third-order valence-corrected chi connectivity index (χ3v) is 2.42. The number of nitrogens with one attached hydrogen (secondary N) is 1. The van der Waals surface area contributed by atoms with Gasteiger partial charge in [-0.2, -0.15) is 15.6 Å². The first-order valence-corrected chi connectivity index (χ1v) is 4.78. The second kappa shape index (κ2) is 4.14. The maximum atomic E-state index is 8.96. The van der Waals surface area contributed by atoms with Gasteiger partial charge in [-0.15, -0.1) is 0 Å². The van der Waals surface area contributed by atoms with Crippen LogP contribution in [0.4, 0.5) is 0 Å². The third kappa shape index (κ3) is 2.35. The van der Waals surface area contributed by atoms with Gasteiger partial charge in [0.15, 0.2) is 0 Å². The molecular formula is C11H14N4. The summed E-state index contributed by atoms with van der Waals surface area (Å²) in [7, 11) is 0. The SMILES string of the molecule is CC(C)(C)C(c1cn[nH]c1)C(C#N)C#N. The van der Waals surface area contributed by atoms with Crippen molar-refractivity contribution >= 4 is 0 Å². The Morgan fingerprint density at radius 1 is 1.33 bits per heavy atom. The summed E-state index contributed by atoms with van der Waals surface area (Å²) in [5, 5.41) is 24.5. The summed E-state index contributed by atoms with van der Waals surface area (Å²) in [5.74, 6) is -0.756. The molecule has 0 bridgehead atoms. The molecule has 0 fully saturated rings. The highest BCUT2D eigenvalue weighted by molar-refractivity contribution is 5.22. The van der Waals surface area contributed by atoms with Crippen molar-refractivity contribution in [2.45, 2.75) is 26.7 Å². The highest BCUT2D eigenvalue weighted by atomic mass is 15.1. The van der Waals surface area contributed by atoms with Crippen molar-refractivity contribution in [2.75, 3.05) is 0 Å². The minimum absolute atomic E-state index is 0.119. The zero-order chi connectivity index (χ0) is 11.5. The lowest BCUT2D eigenvalue weighted by atomic mass is 9.71. The molecule has 1 heterocycles. The van der Waals surface area contributed by atoms with Gasteiger partial charge in [-0.3, -0.25) is 5.10 Å². The number of hydrogen-bond donors (Lipinski definition) is 1. The summed E-state index contributed by atoms with van der Waals surface area (Å²) >= 11 is 0. The summed E-state index contributed by atoms with van der Waals surface area (Å²) in [6, 6.07) is 4.09. The summed E-state index contributed by atoms with van der Waals surface area (Å²) in [6.07, 6.45) is 3.43. The predicted octanol–water partition coefficient (Wildman–Crippen LogP) is 2.20. The Labute approximate surface area is 89.5 Å². The van der Waals surface area contributed by atoms with Crippen molar-refractivity contribution in [3.05, 3.63) is 18.0 Å². The highest BCUT2D eigenvalue weighted by Crippen LogP contribution is 2.39. The van der Waals surface area contributed by atoms with E-state index >= 15 is 0 Å². The lowest BCUT2D eigenvalue weighted by Crippen LogP contribution is -2.24. The van der Waals surface area contributed by atoms with E-state index in [1.807, 2.05) is 32.9 Å². The molecule has 4 nitrogen and oxygen atoms in total. The minimum Gasteiger partial charge on any atom is -0.285 e. The zero-order valence-corrected chi connectivity index (χ0v) is 9.15. The Morgan fingerprint density at radius 2 is 1.93 bits per heavy atom. The van der Waals surface area contributed by atoms with Gasteiger partial charge in [0.1, 0.15) is 5.92 Å². The van der Waals surface area contributed by atoms with Crippen molar-refractivity contribution in [3.63, 3.8) is 0 Å². The van der Waals surface area contributed by atoms with E-state index in [2.05, 4.69) is 10.2 Å². The summed E-state index contributed by atoms with van der Waals surface area (Å²) < 4.78 is 0. The number of H-pyrrole nitrogens is 1. The molecule has 1 N–H and O–H groups in total. The van der Waals surface area contributed by atoms with Crippen LogP contribution in [0.5, 0.6) is 0 Å². The quantitative estimate of drug-likeness (QED) is 0.798. The van der Waals surface area contributed by atoms with E-state index in [0.717, 1.165) is 5.56 Å². The Kier molecular flexibility index (Phi) is 3.11. The number of nitriles is 2. The van der Waals surface area contributed by atoms with Gasteiger partial charge in [0.25, 0.3) is 0 Å². The number of aromatic nitrogens is 2. The molecule has 15 heavy (non-hydrogen) atoms. The molecule has 1 rings (SSSR count). The van der Waals surface area contributed by atoms with Crippen LogP contribution in [-0.2, 0) is 0 Å². The maximum Gasteiger partial charge on any atom is 0.140 e. The standard InChI is InChI=1S/C11H14N4/c1-11(2,3)10(8(4-12)5-13)9-6-14-15-7-9/h6-8,10H,1-3H3,(H,14,15). The van der Waals surface area contributed by atoms with E-state index in [9.17, 15) is 0 Å². The maximum absolute atomic E-state index is 8.96. The van der Waals surface area contributed by atoms with E-state index in [1.165, 1.54) is 0 Å². The second-order valence-electron chi connectivity index (χ2n) is 4.61. The average molecular weight is 202 g/mol. The van der Waals surface area contributed by atoms with Crippen LogP contribution in [0.25, 0.3) is 0 Å². The molecule has 0 saturated heterocycles. The van der Waals surface area contributed by atoms with Crippen LogP contribution < -0.4 is 0 Å². The number of nitrogens with zero attached hydrogens (tertiary/aromatic N) is 3. The number of hydrogen-bond acceptors (Lipinski definition) is 3. The van der Waals surface area contributed by atoms with Crippen molar-refractivity contribution in [3.8, 4) is 12.1 Å². The lowest BCUT2D eigenvalue weighted by Gasteiger charge is -2.30. The molecule has 0 saturated carbocycles. The van der Waals surface area contributed by atoms with E-state index in [-0.39, 0.29) is 11.3 Å². The van der Waals surface area contributed by atoms with Crippen LogP contribution >= 0.6 is 0 Å². The zero-order valence-electron chi connectivity index (χ0n) is 9.15. The summed E-state index contributed by atoms with van der Waals surface area (Å²) in [5.41, 5.74) is 0.774. The summed E-state index contributed by atoms with van der Waals surface area (Å²) in [6.45, 7) is 6.06. The third-order valence-electron chi connectivity index (χ3n) is 2.42. The van der Waals surface area contributed by atoms with Gasteiger partial charge in [-0.05, 0) is 11.0 Å².